The van der Waals surface area contributed by atoms with Crippen molar-refractivity contribution in [1.82, 2.24) is 0 Å². The van der Waals surface area contributed by atoms with Gasteiger partial charge in [-0.25, -0.2) is 0 Å². The minimum Gasteiger partial charge on any atom is -0.323 e. The van der Waals surface area contributed by atoms with Gasteiger partial charge in [0.15, 0.2) is 0 Å². The highest BCUT2D eigenvalue weighted by atomic mass is 14.7. The van der Waals surface area contributed by atoms with E-state index >= 15 is 0 Å². The molecule has 0 amide bonds. The van der Waals surface area contributed by atoms with Crippen molar-refractivity contribution in [3.8, 4) is 0 Å². The van der Waals surface area contributed by atoms with Crippen molar-refractivity contribution in [2.24, 2.45) is 11.1 Å². The normalized spacial score (nSPS) is 20.9. The van der Waals surface area contributed by atoms with Crippen LogP contribution in [0.1, 0.15) is 76.0 Å². The average molecular weight is 245 g/mol. The first-order chi connectivity index (χ1) is 8.53. The Hall–Kier alpha value is -0.820. The van der Waals surface area contributed by atoms with Crippen molar-refractivity contribution in [3.05, 3.63) is 35.4 Å². The van der Waals surface area contributed by atoms with Crippen molar-refractivity contribution < 1.29 is 0 Å². The Morgan fingerprint density at radius 2 is 1.44 bits per heavy atom. The molecule has 1 aromatic carbocycles. The highest BCUT2D eigenvalue weighted by Crippen LogP contribution is 2.44. The van der Waals surface area contributed by atoms with Crippen LogP contribution < -0.4 is 5.73 Å². The fourth-order valence-corrected chi connectivity index (χ4v) is 3.16. The standard InChI is InChI=1S/C17H27N/c1-13(2)14-7-9-15(10-8-14)16(18)17(3)11-5-4-6-12-17/h7-10,13,16H,4-6,11-12,18H2,1-3H3. The molecule has 1 nitrogen and oxygen atoms in total. The maximum atomic E-state index is 6.53. The summed E-state index contributed by atoms with van der Waals surface area (Å²) < 4.78 is 0. The molecule has 100 valence electrons. The number of nitrogens with two attached hydrogens (primary N) is 1. The van der Waals surface area contributed by atoms with Crippen LogP contribution >= 0.6 is 0 Å². The molecule has 1 saturated carbocycles. The molecule has 1 aliphatic carbocycles. The van der Waals surface area contributed by atoms with Gasteiger partial charge >= 0.3 is 0 Å². The van der Waals surface area contributed by atoms with E-state index in [-0.39, 0.29) is 6.04 Å². The van der Waals surface area contributed by atoms with Crippen LogP contribution in [0, 0.1) is 5.41 Å². The van der Waals surface area contributed by atoms with Gasteiger partial charge in [-0.05, 0) is 35.3 Å². The van der Waals surface area contributed by atoms with Crippen LogP contribution in [0.25, 0.3) is 0 Å². The predicted molar refractivity (Wildman–Crippen MR) is 78.7 cm³/mol. The van der Waals surface area contributed by atoms with E-state index in [1.54, 1.807) is 0 Å². The highest BCUT2D eigenvalue weighted by Gasteiger charge is 2.33. The predicted octanol–water partition coefficient (Wildman–Crippen LogP) is 4.78. The van der Waals surface area contributed by atoms with Gasteiger partial charge in [0.05, 0.1) is 0 Å². The fraction of sp³-hybridized carbons (Fsp3) is 0.647. The van der Waals surface area contributed by atoms with Gasteiger partial charge in [0.25, 0.3) is 0 Å². The molecule has 0 radical (unpaired) electrons. The molecule has 18 heavy (non-hydrogen) atoms. The minimum atomic E-state index is 0.194. The largest absolute Gasteiger partial charge is 0.323 e. The lowest BCUT2D eigenvalue weighted by Gasteiger charge is -2.39. The second kappa shape index (κ2) is 5.44. The Labute approximate surface area is 112 Å². The third kappa shape index (κ3) is 2.77. The summed E-state index contributed by atoms with van der Waals surface area (Å²) in [6.07, 6.45) is 6.62. The first-order valence-electron chi connectivity index (χ1n) is 7.38. The summed E-state index contributed by atoms with van der Waals surface area (Å²) in [5.41, 5.74) is 9.54. The Kier molecular flexibility index (Phi) is 4.11. The summed E-state index contributed by atoms with van der Waals surface area (Å²) in [4.78, 5) is 0. The Morgan fingerprint density at radius 3 is 1.94 bits per heavy atom. The third-order valence-electron chi connectivity index (χ3n) is 4.71. The summed E-state index contributed by atoms with van der Waals surface area (Å²) >= 11 is 0. The molecule has 2 N–H and O–H groups in total. The molecule has 0 heterocycles. The average Bonchev–Trinajstić information content (AvgIpc) is 2.39. The molecule has 1 fully saturated rings. The summed E-state index contributed by atoms with van der Waals surface area (Å²) in [6.45, 7) is 6.84. The number of hydrogen-bond acceptors (Lipinski definition) is 1. The molecule has 1 heteroatoms. The zero-order chi connectivity index (χ0) is 13.2. The molecular weight excluding hydrogens is 218 g/mol. The third-order valence-corrected chi connectivity index (χ3v) is 4.71. The number of rotatable bonds is 3. The summed E-state index contributed by atoms with van der Waals surface area (Å²) in [5, 5.41) is 0. The Balaban J connectivity index is 2.15. The molecule has 1 atom stereocenters. The van der Waals surface area contributed by atoms with Crippen molar-refractivity contribution in [1.29, 1.82) is 0 Å². The smallest absolute Gasteiger partial charge is 0.0349 e. The number of hydrogen-bond donors (Lipinski definition) is 1. The second-order valence-corrected chi connectivity index (χ2v) is 6.51. The van der Waals surface area contributed by atoms with Gasteiger partial charge in [-0.3, -0.25) is 0 Å². The van der Waals surface area contributed by atoms with Crippen LogP contribution in [0.4, 0.5) is 0 Å². The van der Waals surface area contributed by atoms with E-state index in [0.29, 0.717) is 11.3 Å². The molecule has 1 aliphatic rings. The van der Waals surface area contributed by atoms with E-state index in [0.717, 1.165) is 0 Å². The van der Waals surface area contributed by atoms with E-state index in [4.69, 9.17) is 5.73 Å². The lowest BCUT2D eigenvalue weighted by atomic mass is 9.69. The van der Waals surface area contributed by atoms with Gasteiger partial charge in [0.1, 0.15) is 0 Å². The van der Waals surface area contributed by atoms with Gasteiger partial charge < -0.3 is 5.73 Å². The molecule has 1 aromatic rings. The first-order valence-corrected chi connectivity index (χ1v) is 7.38. The van der Waals surface area contributed by atoms with Crippen molar-refractivity contribution in [2.75, 3.05) is 0 Å². The SMILES string of the molecule is CC(C)c1ccc(C(N)C2(C)CCCCC2)cc1. The molecule has 1 unspecified atom stereocenters. The van der Waals surface area contributed by atoms with Crippen LogP contribution in [0.5, 0.6) is 0 Å². The Morgan fingerprint density at radius 1 is 0.944 bits per heavy atom. The van der Waals surface area contributed by atoms with Gasteiger partial charge in [0, 0.05) is 6.04 Å². The van der Waals surface area contributed by atoms with E-state index in [1.165, 1.54) is 43.2 Å². The second-order valence-electron chi connectivity index (χ2n) is 6.51. The Bertz CT molecular complexity index is 371. The van der Waals surface area contributed by atoms with Gasteiger partial charge in [-0.15, -0.1) is 0 Å². The molecule has 2 rings (SSSR count). The maximum absolute atomic E-state index is 6.53. The molecular formula is C17H27N. The molecule has 0 aliphatic heterocycles. The quantitative estimate of drug-likeness (QED) is 0.814. The lowest BCUT2D eigenvalue weighted by Crippen LogP contribution is -2.33. The number of benzene rings is 1. The molecule has 0 aromatic heterocycles. The zero-order valence-electron chi connectivity index (χ0n) is 12.1. The maximum Gasteiger partial charge on any atom is 0.0349 e. The van der Waals surface area contributed by atoms with E-state index < -0.39 is 0 Å². The van der Waals surface area contributed by atoms with E-state index in [1.807, 2.05) is 0 Å². The van der Waals surface area contributed by atoms with Crippen LogP contribution in [0.2, 0.25) is 0 Å². The van der Waals surface area contributed by atoms with Gasteiger partial charge in [-0.1, -0.05) is 64.3 Å². The van der Waals surface area contributed by atoms with Gasteiger partial charge in [-0.2, -0.15) is 0 Å². The van der Waals surface area contributed by atoms with Crippen LogP contribution in [-0.4, -0.2) is 0 Å². The summed E-state index contributed by atoms with van der Waals surface area (Å²) in [6, 6.07) is 9.15. The zero-order valence-corrected chi connectivity index (χ0v) is 12.1. The summed E-state index contributed by atoms with van der Waals surface area (Å²) in [7, 11) is 0. The van der Waals surface area contributed by atoms with Crippen molar-refractivity contribution >= 4 is 0 Å². The van der Waals surface area contributed by atoms with Crippen LogP contribution in [0.3, 0.4) is 0 Å². The fourth-order valence-electron chi connectivity index (χ4n) is 3.16. The van der Waals surface area contributed by atoms with Gasteiger partial charge in [0.2, 0.25) is 0 Å². The molecule has 0 spiro atoms. The van der Waals surface area contributed by atoms with Crippen molar-refractivity contribution in [3.63, 3.8) is 0 Å². The molecule has 0 bridgehead atoms. The van der Waals surface area contributed by atoms with Crippen molar-refractivity contribution in [2.45, 2.75) is 64.8 Å². The molecule has 0 saturated heterocycles. The van der Waals surface area contributed by atoms with Crippen LogP contribution in [0.15, 0.2) is 24.3 Å². The van der Waals surface area contributed by atoms with E-state index in [2.05, 4.69) is 45.0 Å². The first kappa shape index (κ1) is 13.6. The van der Waals surface area contributed by atoms with E-state index in [9.17, 15) is 0 Å². The monoisotopic (exact) mass is 245 g/mol. The van der Waals surface area contributed by atoms with Crippen LogP contribution in [-0.2, 0) is 0 Å². The highest BCUT2D eigenvalue weighted by molar-refractivity contribution is 5.28. The lowest BCUT2D eigenvalue weighted by molar-refractivity contribution is 0.170. The minimum absolute atomic E-state index is 0.194. The topological polar surface area (TPSA) is 26.0 Å². The summed E-state index contributed by atoms with van der Waals surface area (Å²) in [5.74, 6) is 0.598.